The summed E-state index contributed by atoms with van der Waals surface area (Å²) in [5, 5.41) is 11.1. The zero-order valence-corrected chi connectivity index (χ0v) is 19.9. The molecule has 0 saturated carbocycles. The third-order valence-corrected chi connectivity index (χ3v) is 5.90. The lowest BCUT2D eigenvalue weighted by Gasteiger charge is -2.34. The van der Waals surface area contributed by atoms with E-state index in [2.05, 4.69) is 6.08 Å². The standard InChI is InChI=1S/C27H30O6/c1-15(2)7-8-20-25-19(9-10-27(3,4)33-25)24(29)23-21(28)14-22(32-26(20)23)16-11-17(30-5)13-18(12-16)31-6/h7,9-13,22,29H,8,14H2,1-6H3/t22-/m0/s1. The summed E-state index contributed by atoms with van der Waals surface area (Å²) in [6.45, 7) is 7.93. The van der Waals surface area contributed by atoms with E-state index in [-0.39, 0.29) is 23.5 Å². The molecule has 4 rings (SSSR count). The summed E-state index contributed by atoms with van der Waals surface area (Å²) < 4.78 is 23.5. The van der Waals surface area contributed by atoms with Gasteiger partial charge in [-0.05, 0) is 58.4 Å². The molecule has 174 valence electrons. The Hall–Kier alpha value is -3.41. The molecule has 0 aliphatic carbocycles. The van der Waals surface area contributed by atoms with Gasteiger partial charge < -0.3 is 24.1 Å². The first-order chi connectivity index (χ1) is 15.6. The third kappa shape index (κ3) is 4.30. The number of hydrogen-bond acceptors (Lipinski definition) is 6. The lowest BCUT2D eigenvalue weighted by Crippen LogP contribution is -2.29. The van der Waals surface area contributed by atoms with Crippen LogP contribution in [0.4, 0.5) is 0 Å². The van der Waals surface area contributed by atoms with E-state index in [9.17, 15) is 9.90 Å². The number of methoxy groups -OCH3 is 2. The van der Waals surface area contributed by atoms with E-state index in [0.717, 1.165) is 16.7 Å². The summed E-state index contributed by atoms with van der Waals surface area (Å²) >= 11 is 0. The Bertz CT molecular complexity index is 1150. The van der Waals surface area contributed by atoms with Crippen LogP contribution >= 0.6 is 0 Å². The van der Waals surface area contributed by atoms with Crippen LogP contribution in [0.15, 0.2) is 35.9 Å². The van der Waals surface area contributed by atoms with Gasteiger partial charge in [0.05, 0.1) is 26.2 Å². The second-order valence-corrected chi connectivity index (χ2v) is 9.18. The molecule has 0 fully saturated rings. The summed E-state index contributed by atoms with van der Waals surface area (Å²) in [6.07, 6.45) is 5.82. The Kier molecular flexibility index (Phi) is 5.87. The number of fused-ring (bicyclic) bond motifs is 2. The highest BCUT2D eigenvalue weighted by Gasteiger charge is 2.38. The molecule has 1 N–H and O–H groups in total. The number of ether oxygens (including phenoxy) is 4. The molecule has 0 saturated heterocycles. The van der Waals surface area contributed by atoms with Crippen molar-refractivity contribution >= 4 is 11.9 Å². The lowest BCUT2D eigenvalue weighted by molar-refractivity contribution is 0.0838. The van der Waals surface area contributed by atoms with Crippen molar-refractivity contribution in [1.29, 1.82) is 0 Å². The second kappa shape index (κ2) is 8.50. The van der Waals surface area contributed by atoms with Crippen molar-refractivity contribution in [2.24, 2.45) is 0 Å². The minimum atomic E-state index is -0.552. The number of aromatic hydroxyl groups is 1. The van der Waals surface area contributed by atoms with Gasteiger partial charge in [-0.1, -0.05) is 11.6 Å². The Morgan fingerprint density at radius 2 is 1.82 bits per heavy atom. The van der Waals surface area contributed by atoms with Crippen LogP contribution in [0, 0.1) is 0 Å². The number of Topliss-reactive ketones (excluding diaryl/α,β-unsaturated/α-hetero) is 1. The fourth-order valence-electron chi connectivity index (χ4n) is 4.15. The van der Waals surface area contributed by atoms with Gasteiger partial charge in [0.25, 0.3) is 0 Å². The molecule has 0 aromatic heterocycles. The number of phenols is 1. The van der Waals surface area contributed by atoms with Gasteiger partial charge in [0.1, 0.15) is 46.0 Å². The zero-order chi connectivity index (χ0) is 23.9. The molecule has 2 aliphatic heterocycles. The maximum atomic E-state index is 13.3. The van der Waals surface area contributed by atoms with Crippen LogP contribution in [0.2, 0.25) is 0 Å². The largest absolute Gasteiger partial charge is 0.506 e. The number of ketones is 1. The van der Waals surface area contributed by atoms with Gasteiger partial charge in [-0.15, -0.1) is 0 Å². The van der Waals surface area contributed by atoms with Gasteiger partial charge in [0, 0.05) is 17.2 Å². The molecule has 2 aromatic carbocycles. The predicted molar refractivity (Wildman–Crippen MR) is 127 cm³/mol. The smallest absolute Gasteiger partial charge is 0.174 e. The van der Waals surface area contributed by atoms with E-state index in [1.807, 2.05) is 52.0 Å². The number of carbonyl (C=O) groups excluding carboxylic acids is 1. The van der Waals surface area contributed by atoms with Gasteiger partial charge in [-0.2, -0.15) is 0 Å². The molecule has 2 aromatic rings. The fourth-order valence-corrected chi connectivity index (χ4v) is 4.15. The van der Waals surface area contributed by atoms with Crippen LogP contribution in [0.3, 0.4) is 0 Å². The molecule has 6 heteroatoms. The SMILES string of the molecule is COc1cc(OC)cc([C@@H]2CC(=O)c3c(O)c4c(c(CC=C(C)C)c3O2)OC(C)(C)C=C4)c1. The molecular formula is C27H30O6. The fraction of sp³-hybridized carbons (Fsp3) is 0.370. The molecule has 0 amide bonds. The van der Waals surface area contributed by atoms with Gasteiger partial charge in [-0.25, -0.2) is 0 Å². The summed E-state index contributed by atoms with van der Waals surface area (Å²) in [7, 11) is 3.16. The van der Waals surface area contributed by atoms with Crippen LogP contribution in [0.1, 0.15) is 67.3 Å². The third-order valence-electron chi connectivity index (χ3n) is 5.90. The van der Waals surface area contributed by atoms with Crippen molar-refractivity contribution in [2.75, 3.05) is 14.2 Å². The summed E-state index contributed by atoms with van der Waals surface area (Å²) in [5.74, 6) is 1.86. The van der Waals surface area contributed by atoms with Crippen LogP contribution < -0.4 is 18.9 Å². The van der Waals surface area contributed by atoms with E-state index in [4.69, 9.17) is 18.9 Å². The molecule has 0 bridgehead atoms. The zero-order valence-electron chi connectivity index (χ0n) is 19.9. The molecule has 2 heterocycles. The molecule has 0 radical (unpaired) electrons. The summed E-state index contributed by atoms with van der Waals surface area (Å²) in [4.78, 5) is 13.3. The van der Waals surface area contributed by atoms with E-state index < -0.39 is 11.7 Å². The average molecular weight is 451 g/mol. The molecule has 0 spiro atoms. The van der Waals surface area contributed by atoms with Gasteiger partial charge in [0.2, 0.25) is 0 Å². The minimum Gasteiger partial charge on any atom is -0.506 e. The number of allylic oxidation sites excluding steroid dienone is 2. The normalized spacial score (nSPS) is 17.9. The first-order valence-electron chi connectivity index (χ1n) is 11.0. The molecular weight excluding hydrogens is 420 g/mol. The topological polar surface area (TPSA) is 74.2 Å². The van der Waals surface area contributed by atoms with Crippen molar-refractivity contribution in [3.05, 3.63) is 58.2 Å². The highest BCUT2D eigenvalue weighted by atomic mass is 16.5. The molecule has 0 unspecified atom stereocenters. The minimum absolute atomic E-state index is 0.0911. The predicted octanol–water partition coefficient (Wildman–Crippen LogP) is 5.81. The van der Waals surface area contributed by atoms with Crippen molar-refractivity contribution < 1.29 is 28.8 Å². The van der Waals surface area contributed by atoms with E-state index in [1.54, 1.807) is 20.3 Å². The van der Waals surface area contributed by atoms with Gasteiger partial charge >= 0.3 is 0 Å². The Labute approximate surface area is 194 Å². The van der Waals surface area contributed by atoms with Crippen molar-refractivity contribution in [2.45, 2.75) is 52.2 Å². The van der Waals surface area contributed by atoms with Gasteiger partial charge in [-0.3, -0.25) is 4.79 Å². The number of carbonyl (C=O) groups is 1. The Balaban J connectivity index is 1.89. The lowest BCUT2D eigenvalue weighted by atomic mass is 9.88. The highest BCUT2D eigenvalue weighted by Crippen LogP contribution is 2.51. The molecule has 2 aliphatic rings. The van der Waals surface area contributed by atoms with Crippen LogP contribution in [0.5, 0.6) is 28.7 Å². The Morgan fingerprint density at radius 1 is 1.15 bits per heavy atom. The van der Waals surface area contributed by atoms with Crippen molar-refractivity contribution in [3.8, 4) is 28.7 Å². The monoisotopic (exact) mass is 450 g/mol. The first-order valence-corrected chi connectivity index (χ1v) is 11.0. The van der Waals surface area contributed by atoms with E-state index in [1.165, 1.54) is 0 Å². The molecule has 33 heavy (non-hydrogen) atoms. The number of hydrogen-bond donors (Lipinski definition) is 1. The molecule has 6 nitrogen and oxygen atoms in total. The Morgan fingerprint density at radius 3 is 2.42 bits per heavy atom. The maximum Gasteiger partial charge on any atom is 0.174 e. The molecule has 1 atom stereocenters. The number of phenolic OH excluding ortho intramolecular Hbond substituents is 1. The van der Waals surface area contributed by atoms with E-state index in [0.29, 0.717) is 35.0 Å². The quantitative estimate of drug-likeness (QED) is 0.580. The second-order valence-electron chi connectivity index (χ2n) is 9.18. The highest BCUT2D eigenvalue weighted by molar-refractivity contribution is 6.05. The first kappa shape index (κ1) is 22.8. The summed E-state index contributed by atoms with van der Waals surface area (Å²) in [5.41, 5.74) is 2.83. The maximum absolute atomic E-state index is 13.3. The van der Waals surface area contributed by atoms with Crippen LogP contribution in [-0.2, 0) is 6.42 Å². The van der Waals surface area contributed by atoms with Crippen molar-refractivity contribution in [1.82, 2.24) is 0 Å². The van der Waals surface area contributed by atoms with Crippen molar-refractivity contribution in [3.63, 3.8) is 0 Å². The van der Waals surface area contributed by atoms with Gasteiger partial charge in [0.15, 0.2) is 5.78 Å². The van der Waals surface area contributed by atoms with Crippen LogP contribution in [0.25, 0.3) is 6.08 Å². The van der Waals surface area contributed by atoms with Crippen LogP contribution in [-0.4, -0.2) is 30.7 Å². The average Bonchev–Trinajstić information content (AvgIpc) is 2.77. The number of rotatable bonds is 5. The number of benzene rings is 2. The summed E-state index contributed by atoms with van der Waals surface area (Å²) in [6, 6.07) is 5.44. The van der Waals surface area contributed by atoms with E-state index >= 15 is 0 Å².